The molecule has 0 saturated heterocycles. The number of hydrogen-bond donors (Lipinski definition) is 0. The first-order valence-electron chi connectivity index (χ1n) is 6.37. The zero-order chi connectivity index (χ0) is 12.5. The second-order valence-electron chi connectivity index (χ2n) is 4.27. The van der Waals surface area contributed by atoms with Crippen molar-refractivity contribution in [3.05, 3.63) is 12.7 Å². The van der Waals surface area contributed by atoms with Crippen molar-refractivity contribution in [3.8, 4) is 0 Å². The molecule has 98 valence electrons. The van der Waals surface area contributed by atoms with Crippen molar-refractivity contribution in [3.63, 3.8) is 0 Å². The number of hydrogen-bond acceptors (Lipinski definition) is 6. The molecular formula is C10H18N8. The Labute approximate surface area is 105 Å². The molecule has 2 aromatic rings. The highest BCUT2D eigenvalue weighted by Gasteiger charge is 1.95. The summed E-state index contributed by atoms with van der Waals surface area (Å²) in [4.78, 5) is 0. The zero-order valence-electron chi connectivity index (χ0n) is 10.4. The Kier molecular flexibility index (Phi) is 5.22. The summed E-state index contributed by atoms with van der Waals surface area (Å²) < 4.78 is 3.55. The molecule has 0 atom stereocenters. The standard InChI is InChI=1S/C10H18N8/c1(3-5-7-17-9-11-13-15-17)2-4-6-8-18-10-12-14-16-18/h9-10H,1-8H2. The highest BCUT2D eigenvalue weighted by atomic mass is 15.5. The van der Waals surface area contributed by atoms with Gasteiger partial charge < -0.3 is 0 Å². The van der Waals surface area contributed by atoms with Gasteiger partial charge in [0.1, 0.15) is 12.7 Å². The number of tetrazole rings is 2. The largest absolute Gasteiger partial charge is 0.233 e. The summed E-state index contributed by atoms with van der Waals surface area (Å²) in [7, 11) is 0. The Bertz CT molecular complexity index is 355. The molecule has 0 radical (unpaired) electrons. The van der Waals surface area contributed by atoms with Crippen LogP contribution < -0.4 is 0 Å². The Hall–Kier alpha value is -1.86. The minimum absolute atomic E-state index is 0.914. The molecule has 0 N–H and O–H groups in total. The van der Waals surface area contributed by atoms with Gasteiger partial charge in [0, 0.05) is 13.1 Å². The van der Waals surface area contributed by atoms with Gasteiger partial charge in [0.25, 0.3) is 0 Å². The Morgan fingerprint density at radius 2 is 1.06 bits per heavy atom. The summed E-state index contributed by atoms with van der Waals surface area (Å²) in [5.41, 5.74) is 0. The van der Waals surface area contributed by atoms with Gasteiger partial charge >= 0.3 is 0 Å². The summed E-state index contributed by atoms with van der Waals surface area (Å²) in [6.07, 6.45) is 10.6. The molecule has 0 saturated carbocycles. The molecule has 8 nitrogen and oxygen atoms in total. The van der Waals surface area contributed by atoms with E-state index in [1.165, 1.54) is 25.7 Å². The van der Waals surface area contributed by atoms with E-state index in [9.17, 15) is 0 Å². The number of unbranched alkanes of at least 4 members (excludes halogenated alkanes) is 5. The van der Waals surface area contributed by atoms with Crippen LogP contribution in [0.3, 0.4) is 0 Å². The monoisotopic (exact) mass is 250 g/mol. The summed E-state index contributed by atoms with van der Waals surface area (Å²) in [5, 5.41) is 22.1. The van der Waals surface area contributed by atoms with Crippen LogP contribution in [0.4, 0.5) is 0 Å². The van der Waals surface area contributed by atoms with Gasteiger partial charge in [-0.25, -0.2) is 9.36 Å². The molecule has 0 amide bonds. The van der Waals surface area contributed by atoms with Crippen LogP contribution in [0, 0.1) is 0 Å². The lowest BCUT2D eigenvalue weighted by molar-refractivity contribution is 0.493. The van der Waals surface area contributed by atoms with Crippen molar-refractivity contribution in [2.75, 3.05) is 0 Å². The van der Waals surface area contributed by atoms with Gasteiger partial charge in [-0.05, 0) is 33.7 Å². The third kappa shape index (κ3) is 4.56. The summed E-state index contributed by atoms with van der Waals surface area (Å²) in [6.45, 7) is 1.83. The molecule has 0 unspecified atom stereocenters. The molecule has 0 fully saturated rings. The van der Waals surface area contributed by atoms with E-state index in [0.29, 0.717) is 0 Å². The second kappa shape index (κ2) is 7.46. The lowest BCUT2D eigenvalue weighted by atomic mass is 10.1. The maximum absolute atomic E-state index is 3.83. The van der Waals surface area contributed by atoms with Gasteiger partial charge in [0.05, 0.1) is 0 Å². The van der Waals surface area contributed by atoms with E-state index in [1.807, 2.05) is 0 Å². The normalized spacial score (nSPS) is 10.9. The maximum Gasteiger partial charge on any atom is 0.138 e. The molecule has 0 spiro atoms. The molecule has 0 aliphatic rings. The minimum Gasteiger partial charge on any atom is -0.233 e. The highest BCUT2D eigenvalue weighted by Crippen LogP contribution is 2.06. The van der Waals surface area contributed by atoms with Crippen molar-refractivity contribution in [1.29, 1.82) is 0 Å². The third-order valence-corrected chi connectivity index (χ3v) is 2.81. The van der Waals surface area contributed by atoms with Gasteiger partial charge in [-0.3, -0.25) is 0 Å². The fraction of sp³-hybridized carbons (Fsp3) is 0.800. The van der Waals surface area contributed by atoms with Crippen LogP contribution in [0.15, 0.2) is 12.7 Å². The van der Waals surface area contributed by atoms with E-state index in [-0.39, 0.29) is 0 Å². The van der Waals surface area contributed by atoms with Gasteiger partial charge in [0.15, 0.2) is 0 Å². The summed E-state index contributed by atoms with van der Waals surface area (Å²) >= 11 is 0. The Morgan fingerprint density at radius 1 is 0.611 bits per heavy atom. The molecule has 0 aliphatic carbocycles. The molecule has 18 heavy (non-hydrogen) atoms. The fourth-order valence-corrected chi connectivity index (χ4v) is 1.82. The van der Waals surface area contributed by atoms with E-state index in [4.69, 9.17) is 0 Å². The molecule has 2 rings (SSSR count). The smallest absolute Gasteiger partial charge is 0.138 e. The molecular weight excluding hydrogens is 232 g/mol. The number of aromatic nitrogens is 8. The fourth-order valence-electron chi connectivity index (χ4n) is 1.82. The molecule has 8 heteroatoms. The first-order valence-corrected chi connectivity index (χ1v) is 6.37. The van der Waals surface area contributed by atoms with Crippen LogP contribution in [0.5, 0.6) is 0 Å². The second-order valence-corrected chi connectivity index (χ2v) is 4.27. The first kappa shape index (κ1) is 12.6. The van der Waals surface area contributed by atoms with Crippen molar-refractivity contribution in [1.82, 2.24) is 40.4 Å². The Balaban J connectivity index is 1.40. The van der Waals surface area contributed by atoms with Crippen molar-refractivity contribution in [2.45, 2.75) is 51.6 Å². The average Bonchev–Trinajstić information content (AvgIpc) is 3.05. The predicted molar refractivity (Wildman–Crippen MR) is 63.3 cm³/mol. The van der Waals surface area contributed by atoms with E-state index >= 15 is 0 Å². The molecule has 2 aromatic heterocycles. The van der Waals surface area contributed by atoms with Crippen molar-refractivity contribution in [2.24, 2.45) is 0 Å². The minimum atomic E-state index is 0.914. The SMILES string of the molecule is c1nnnn1CCCCCCCCn1cnnn1. The van der Waals surface area contributed by atoms with Gasteiger partial charge in [-0.15, -0.1) is 10.2 Å². The molecule has 0 bridgehead atoms. The summed E-state index contributed by atoms with van der Waals surface area (Å²) in [5.74, 6) is 0. The molecule has 0 aromatic carbocycles. The zero-order valence-corrected chi connectivity index (χ0v) is 10.4. The summed E-state index contributed by atoms with van der Waals surface area (Å²) in [6, 6.07) is 0. The van der Waals surface area contributed by atoms with Crippen LogP contribution in [0.25, 0.3) is 0 Å². The van der Waals surface area contributed by atoms with Crippen LogP contribution in [0.2, 0.25) is 0 Å². The van der Waals surface area contributed by atoms with Crippen molar-refractivity contribution < 1.29 is 0 Å². The van der Waals surface area contributed by atoms with E-state index in [2.05, 4.69) is 31.1 Å². The Morgan fingerprint density at radius 3 is 1.44 bits per heavy atom. The quantitative estimate of drug-likeness (QED) is 0.609. The number of rotatable bonds is 9. The lowest BCUT2D eigenvalue weighted by Gasteiger charge is -2.02. The highest BCUT2D eigenvalue weighted by molar-refractivity contribution is 4.51. The van der Waals surface area contributed by atoms with Crippen LogP contribution >= 0.6 is 0 Å². The maximum atomic E-state index is 3.83. The van der Waals surface area contributed by atoms with E-state index in [0.717, 1.165) is 25.9 Å². The van der Waals surface area contributed by atoms with Crippen LogP contribution in [0.1, 0.15) is 38.5 Å². The van der Waals surface area contributed by atoms with Gasteiger partial charge in [-0.2, -0.15) is 0 Å². The molecule has 2 heterocycles. The number of aryl methyl sites for hydroxylation is 2. The molecule has 0 aliphatic heterocycles. The van der Waals surface area contributed by atoms with Crippen molar-refractivity contribution >= 4 is 0 Å². The number of nitrogens with zero attached hydrogens (tertiary/aromatic N) is 8. The first-order chi connectivity index (χ1) is 8.95. The topological polar surface area (TPSA) is 87.2 Å². The van der Waals surface area contributed by atoms with E-state index in [1.54, 1.807) is 22.0 Å². The van der Waals surface area contributed by atoms with Crippen LogP contribution in [-0.4, -0.2) is 40.4 Å². The lowest BCUT2D eigenvalue weighted by Crippen LogP contribution is -1.99. The predicted octanol–water partition coefficient (Wildman–Crippen LogP) is 0.700. The van der Waals surface area contributed by atoms with Gasteiger partial charge in [-0.1, -0.05) is 25.7 Å². The van der Waals surface area contributed by atoms with Gasteiger partial charge in [0.2, 0.25) is 0 Å². The third-order valence-electron chi connectivity index (χ3n) is 2.81. The van der Waals surface area contributed by atoms with E-state index < -0.39 is 0 Å². The van der Waals surface area contributed by atoms with Crippen LogP contribution in [-0.2, 0) is 13.1 Å². The average molecular weight is 250 g/mol.